The smallest absolute Gasteiger partial charge is 0.208 e. The van der Waals surface area contributed by atoms with Gasteiger partial charge in [0.2, 0.25) is 9.04 Å². The first-order valence-electron chi connectivity index (χ1n) is 4.32. The minimum atomic E-state index is -0.527. The minimum absolute atomic E-state index is 0.527. The van der Waals surface area contributed by atoms with Gasteiger partial charge in [-0.1, -0.05) is 37.3 Å². The summed E-state index contributed by atoms with van der Waals surface area (Å²) < 4.78 is 5.68. The Bertz CT molecular complexity index is 210. The summed E-state index contributed by atoms with van der Waals surface area (Å²) in [5.41, 5.74) is 1.27. The summed E-state index contributed by atoms with van der Waals surface area (Å²) in [7, 11) is -0.527. The Morgan fingerprint density at radius 1 is 1.25 bits per heavy atom. The van der Waals surface area contributed by atoms with Crippen LogP contribution in [0.15, 0.2) is 30.3 Å². The Balaban J connectivity index is 2.33. The molecular formula is C10H15OSi. The van der Waals surface area contributed by atoms with Crippen molar-refractivity contribution in [2.75, 3.05) is 0 Å². The van der Waals surface area contributed by atoms with Crippen molar-refractivity contribution < 1.29 is 4.43 Å². The molecule has 0 aromatic heterocycles. The van der Waals surface area contributed by atoms with Crippen LogP contribution in [0.5, 0.6) is 0 Å². The highest BCUT2D eigenvalue weighted by Crippen LogP contribution is 2.03. The highest BCUT2D eigenvalue weighted by Gasteiger charge is 2.01. The standard InChI is InChI=1S/C10H15OSi/c1-3-12(2)11-9-10-7-5-4-6-8-10/h4-8H,3,9H2,1-2H3. The molecule has 1 nitrogen and oxygen atoms in total. The van der Waals surface area contributed by atoms with Crippen LogP contribution in [0.1, 0.15) is 12.5 Å². The number of benzene rings is 1. The number of hydrogen-bond donors (Lipinski definition) is 0. The SMILES string of the molecule is CC[Si](C)OCc1ccccc1. The Morgan fingerprint density at radius 2 is 1.92 bits per heavy atom. The van der Waals surface area contributed by atoms with Crippen LogP contribution < -0.4 is 0 Å². The molecule has 12 heavy (non-hydrogen) atoms. The van der Waals surface area contributed by atoms with E-state index in [4.69, 9.17) is 4.43 Å². The predicted molar refractivity (Wildman–Crippen MR) is 53.3 cm³/mol. The topological polar surface area (TPSA) is 9.23 Å². The summed E-state index contributed by atoms with van der Waals surface area (Å²) in [5.74, 6) is 0. The molecule has 1 aromatic carbocycles. The summed E-state index contributed by atoms with van der Waals surface area (Å²) in [6.07, 6.45) is 0. The Hall–Kier alpha value is -0.603. The quantitative estimate of drug-likeness (QED) is 0.646. The molecule has 0 aliphatic carbocycles. The molecule has 0 unspecified atom stereocenters. The maximum atomic E-state index is 5.68. The van der Waals surface area contributed by atoms with Gasteiger partial charge in [0.25, 0.3) is 0 Å². The van der Waals surface area contributed by atoms with E-state index in [9.17, 15) is 0 Å². The molecule has 0 aliphatic rings. The maximum Gasteiger partial charge on any atom is 0.208 e. The lowest BCUT2D eigenvalue weighted by molar-refractivity contribution is 0.311. The summed E-state index contributed by atoms with van der Waals surface area (Å²) in [6.45, 7) is 5.16. The zero-order valence-electron chi connectivity index (χ0n) is 7.71. The van der Waals surface area contributed by atoms with Crippen LogP contribution in [0.3, 0.4) is 0 Å². The summed E-state index contributed by atoms with van der Waals surface area (Å²) in [4.78, 5) is 0. The molecule has 0 bridgehead atoms. The van der Waals surface area contributed by atoms with Gasteiger partial charge < -0.3 is 4.43 Å². The lowest BCUT2D eigenvalue weighted by atomic mass is 10.2. The molecular weight excluding hydrogens is 164 g/mol. The van der Waals surface area contributed by atoms with Crippen LogP contribution in [0.25, 0.3) is 0 Å². The zero-order valence-corrected chi connectivity index (χ0v) is 8.71. The number of hydrogen-bond acceptors (Lipinski definition) is 1. The van der Waals surface area contributed by atoms with Crippen LogP contribution in [-0.4, -0.2) is 9.04 Å². The van der Waals surface area contributed by atoms with E-state index in [0.29, 0.717) is 0 Å². The highest BCUT2D eigenvalue weighted by atomic mass is 28.3. The molecule has 0 aliphatic heterocycles. The molecule has 1 radical (unpaired) electrons. The lowest BCUT2D eigenvalue weighted by Crippen LogP contribution is -2.10. The Labute approximate surface area is 76.1 Å². The normalized spacial score (nSPS) is 10.6. The van der Waals surface area contributed by atoms with E-state index in [1.165, 1.54) is 11.6 Å². The maximum absolute atomic E-state index is 5.68. The van der Waals surface area contributed by atoms with Crippen molar-refractivity contribution in [1.82, 2.24) is 0 Å². The van der Waals surface area contributed by atoms with Crippen molar-refractivity contribution in [3.8, 4) is 0 Å². The molecule has 65 valence electrons. The van der Waals surface area contributed by atoms with Gasteiger partial charge in [-0.2, -0.15) is 0 Å². The average molecular weight is 179 g/mol. The summed E-state index contributed by atoms with van der Waals surface area (Å²) in [6, 6.07) is 11.5. The lowest BCUT2D eigenvalue weighted by Gasteiger charge is -2.07. The van der Waals surface area contributed by atoms with Crippen molar-refractivity contribution in [1.29, 1.82) is 0 Å². The van der Waals surface area contributed by atoms with Gasteiger partial charge in [0, 0.05) is 0 Å². The van der Waals surface area contributed by atoms with Gasteiger partial charge >= 0.3 is 0 Å². The van der Waals surface area contributed by atoms with E-state index in [2.05, 4.69) is 25.6 Å². The minimum Gasteiger partial charge on any atom is -0.413 e. The molecule has 2 heteroatoms. The van der Waals surface area contributed by atoms with E-state index in [1.54, 1.807) is 0 Å². The van der Waals surface area contributed by atoms with Crippen molar-refractivity contribution in [3.63, 3.8) is 0 Å². The monoisotopic (exact) mass is 179 g/mol. The third-order valence-electron chi connectivity index (χ3n) is 1.83. The summed E-state index contributed by atoms with van der Waals surface area (Å²) >= 11 is 0. The summed E-state index contributed by atoms with van der Waals surface area (Å²) in [5, 5.41) is 0. The van der Waals surface area contributed by atoms with Crippen molar-refractivity contribution >= 4 is 9.04 Å². The van der Waals surface area contributed by atoms with E-state index >= 15 is 0 Å². The second-order valence-corrected chi connectivity index (χ2v) is 5.23. The first kappa shape index (κ1) is 9.48. The van der Waals surface area contributed by atoms with Gasteiger partial charge in [-0.3, -0.25) is 0 Å². The van der Waals surface area contributed by atoms with Gasteiger partial charge in [0.15, 0.2) is 0 Å². The average Bonchev–Trinajstić information content (AvgIpc) is 2.16. The first-order valence-corrected chi connectivity index (χ1v) is 6.43. The fourth-order valence-corrected chi connectivity index (χ4v) is 1.50. The zero-order chi connectivity index (χ0) is 8.81. The molecule has 0 saturated carbocycles. The van der Waals surface area contributed by atoms with E-state index in [-0.39, 0.29) is 0 Å². The van der Waals surface area contributed by atoms with Crippen molar-refractivity contribution in [2.24, 2.45) is 0 Å². The molecule has 0 saturated heterocycles. The number of rotatable bonds is 4. The molecule has 0 amide bonds. The molecule has 1 rings (SSSR count). The van der Waals surface area contributed by atoms with E-state index < -0.39 is 9.04 Å². The molecule has 1 aromatic rings. The predicted octanol–water partition coefficient (Wildman–Crippen LogP) is 2.84. The molecule has 0 N–H and O–H groups in total. The van der Waals surface area contributed by atoms with Gasteiger partial charge in [-0.25, -0.2) is 0 Å². The van der Waals surface area contributed by atoms with Gasteiger partial charge in [-0.05, 0) is 18.2 Å². The second-order valence-electron chi connectivity index (χ2n) is 2.83. The Kier molecular flexibility index (Phi) is 4.04. The molecule has 0 heterocycles. The fraction of sp³-hybridized carbons (Fsp3) is 0.400. The van der Waals surface area contributed by atoms with Crippen molar-refractivity contribution in [2.45, 2.75) is 26.1 Å². The third-order valence-corrected chi connectivity index (χ3v) is 3.46. The molecule has 0 spiro atoms. The van der Waals surface area contributed by atoms with Gasteiger partial charge in [-0.15, -0.1) is 0 Å². The fourth-order valence-electron chi connectivity index (χ4n) is 0.883. The van der Waals surface area contributed by atoms with Crippen LogP contribution >= 0.6 is 0 Å². The second kappa shape index (κ2) is 5.12. The van der Waals surface area contributed by atoms with E-state index in [1.807, 2.05) is 18.2 Å². The van der Waals surface area contributed by atoms with Crippen LogP contribution in [0, 0.1) is 0 Å². The van der Waals surface area contributed by atoms with Crippen LogP contribution in [0.2, 0.25) is 12.6 Å². The van der Waals surface area contributed by atoms with Crippen molar-refractivity contribution in [3.05, 3.63) is 35.9 Å². The van der Waals surface area contributed by atoms with Crippen LogP contribution in [0.4, 0.5) is 0 Å². The highest BCUT2D eigenvalue weighted by molar-refractivity contribution is 6.49. The third kappa shape index (κ3) is 3.20. The van der Waals surface area contributed by atoms with E-state index in [0.717, 1.165) is 6.61 Å². The van der Waals surface area contributed by atoms with Crippen LogP contribution in [-0.2, 0) is 11.0 Å². The van der Waals surface area contributed by atoms with Gasteiger partial charge in [0.1, 0.15) is 0 Å². The largest absolute Gasteiger partial charge is 0.413 e. The first-order chi connectivity index (χ1) is 5.83. The Morgan fingerprint density at radius 3 is 2.50 bits per heavy atom. The molecule has 0 atom stereocenters. The molecule has 0 fully saturated rings. The van der Waals surface area contributed by atoms with Gasteiger partial charge in [0.05, 0.1) is 6.61 Å².